The number of ether oxygens (including phenoxy) is 2. The molecule has 0 aliphatic carbocycles. The monoisotopic (exact) mass is 265 g/mol. The minimum absolute atomic E-state index is 0.0807. The highest BCUT2D eigenvalue weighted by Gasteiger charge is 2.09. The van der Waals surface area contributed by atoms with Crippen LogP contribution in [0.25, 0.3) is 6.08 Å². The molecule has 0 fully saturated rings. The van der Waals surface area contributed by atoms with Gasteiger partial charge < -0.3 is 19.9 Å². The van der Waals surface area contributed by atoms with E-state index in [9.17, 15) is 4.79 Å². The summed E-state index contributed by atoms with van der Waals surface area (Å²) < 4.78 is 10.6. The van der Waals surface area contributed by atoms with E-state index < -0.39 is 0 Å². The van der Waals surface area contributed by atoms with E-state index in [4.69, 9.17) is 14.6 Å². The van der Waals surface area contributed by atoms with Gasteiger partial charge in [0.2, 0.25) is 5.91 Å². The summed E-state index contributed by atoms with van der Waals surface area (Å²) in [5, 5.41) is 11.8. The first-order valence-electron chi connectivity index (χ1n) is 5.89. The van der Waals surface area contributed by atoms with Gasteiger partial charge in [0.15, 0.2) is 0 Å². The van der Waals surface area contributed by atoms with Gasteiger partial charge in [-0.05, 0) is 23.8 Å². The second-order valence-corrected chi connectivity index (χ2v) is 3.91. The minimum Gasteiger partial charge on any atom is -0.496 e. The average Bonchev–Trinajstić information content (AvgIpc) is 2.42. The van der Waals surface area contributed by atoms with E-state index in [1.165, 1.54) is 6.92 Å². The van der Waals surface area contributed by atoms with Crippen molar-refractivity contribution in [1.82, 2.24) is 5.32 Å². The number of amides is 1. The highest BCUT2D eigenvalue weighted by atomic mass is 16.5. The van der Waals surface area contributed by atoms with Crippen LogP contribution in [-0.4, -0.2) is 31.8 Å². The van der Waals surface area contributed by atoms with Crippen molar-refractivity contribution in [3.63, 3.8) is 0 Å². The molecule has 0 radical (unpaired) electrons. The summed E-state index contributed by atoms with van der Waals surface area (Å²) >= 11 is 0. The number of nitrogens with one attached hydrogen (secondary N) is 1. The fourth-order valence-electron chi connectivity index (χ4n) is 1.63. The first kappa shape index (κ1) is 15.0. The molecule has 19 heavy (non-hydrogen) atoms. The molecular formula is C14H19NO4. The Morgan fingerprint density at radius 3 is 2.32 bits per heavy atom. The van der Waals surface area contributed by atoms with Crippen LogP contribution in [-0.2, 0) is 11.4 Å². The number of aliphatic hydroxyl groups excluding tert-OH is 1. The summed E-state index contributed by atoms with van der Waals surface area (Å²) in [6.45, 7) is 1.82. The van der Waals surface area contributed by atoms with Crippen molar-refractivity contribution in [3.05, 3.63) is 29.3 Å². The first-order chi connectivity index (χ1) is 9.12. The van der Waals surface area contributed by atoms with Crippen LogP contribution in [0, 0.1) is 0 Å². The van der Waals surface area contributed by atoms with Crippen LogP contribution in [0.3, 0.4) is 0 Å². The molecule has 0 bridgehead atoms. The molecule has 0 saturated heterocycles. The molecule has 0 aromatic heterocycles. The first-order valence-corrected chi connectivity index (χ1v) is 5.89. The number of carbonyl (C=O) groups is 1. The number of methoxy groups -OCH3 is 2. The molecule has 0 spiro atoms. The minimum atomic E-state index is -0.0841. The standard InChI is InChI=1S/C14H19NO4/c1-10(17)15-6-4-5-12-13(18-2)7-11(9-16)8-14(12)19-3/h4-5,7-8,16H,6,9H2,1-3H3,(H,15,17). The molecule has 1 amide bonds. The van der Waals surface area contributed by atoms with Crippen LogP contribution in [0.1, 0.15) is 18.1 Å². The van der Waals surface area contributed by atoms with E-state index in [-0.39, 0.29) is 12.5 Å². The van der Waals surface area contributed by atoms with Crippen molar-refractivity contribution in [3.8, 4) is 11.5 Å². The third-order valence-electron chi connectivity index (χ3n) is 2.54. The topological polar surface area (TPSA) is 67.8 Å². The molecule has 0 unspecified atom stereocenters. The Morgan fingerprint density at radius 2 is 1.89 bits per heavy atom. The molecule has 1 aromatic carbocycles. The molecule has 0 heterocycles. The van der Waals surface area contributed by atoms with Gasteiger partial charge in [-0.1, -0.05) is 6.08 Å². The van der Waals surface area contributed by atoms with Gasteiger partial charge in [0.05, 0.1) is 26.4 Å². The summed E-state index contributed by atoms with van der Waals surface area (Å²) in [5.41, 5.74) is 1.49. The number of hydrogen-bond acceptors (Lipinski definition) is 4. The van der Waals surface area contributed by atoms with Gasteiger partial charge >= 0.3 is 0 Å². The zero-order valence-corrected chi connectivity index (χ0v) is 11.4. The predicted octanol–water partition coefficient (Wildman–Crippen LogP) is 1.35. The largest absolute Gasteiger partial charge is 0.496 e. The van der Waals surface area contributed by atoms with Gasteiger partial charge in [-0.25, -0.2) is 0 Å². The van der Waals surface area contributed by atoms with Gasteiger partial charge in [0.1, 0.15) is 11.5 Å². The van der Waals surface area contributed by atoms with E-state index >= 15 is 0 Å². The zero-order valence-electron chi connectivity index (χ0n) is 11.4. The number of hydrogen-bond donors (Lipinski definition) is 2. The van der Waals surface area contributed by atoms with Crippen LogP contribution in [0.5, 0.6) is 11.5 Å². The van der Waals surface area contributed by atoms with E-state index in [2.05, 4.69) is 5.32 Å². The third-order valence-corrected chi connectivity index (χ3v) is 2.54. The molecule has 0 atom stereocenters. The van der Waals surface area contributed by atoms with Crippen LogP contribution in [0.15, 0.2) is 18.2 Å². The van der Waals surface area contributed by atoms with Crippen LogP contribution in [0.2, 0.25) is 0 Å². The zero-order chi connectivity index (χ0) is 14.3. The van der Waals surface area contributed by atoms with Crippen molar-refractivity contribution in [1.29, 1.82) is 0 Å². The SMILES string of the molecule is COc1cc(CO)cc(OC)c1C=CCNC(C)=O. The van der Waals surface area contributed by atoms with E-state index in [0.29, 0.717) is 23.6 Å². The van der Waals surface area contributed by atoms with Crippen LogP contribution >= 0.6 is 0 Å². The molecule has 5 heteroatoms. The van der Waals surface area contributed by atoms with Crippen molar-refractivity contribution >= 4 is 12.0 Å². The van der Waals surface area contributed by atoms with E-state index in [1.807, 2.05) is 6.08 Å². The number of carbonyl (C=O) groups excluding carboxylic acids is 1. The Balaban J connectivity index is 3.00. The number of benzene rings is 1. The molecule has 2 N–H and O–H groups in total. The van der Waals surface area contributed by atoms with Crippen molar-refractivity contribution in [2.75, 3.05) is 20.8 Å². The molecule has 5 nitrogen and oxygen atoms in total. The second kappa shape index (κ2) is 7.43. The highest BCUT2D eigenvalue weighted by molar-refractivity contribution is 5.73. The molecule has 1 rings (SSSR count). The van der Waals surface area contributed by atoms with Crippen molar-refractivity contribution in [2.24, 2.45) is 0 Å². The van der Waals surface area contributed by atoms with Gasteiger partial charge in [0.25, 0.3) is 0 Å². The van der Waals surface area contributed by atoms with E-state index in [1.54, 1.807) is 32.4 Å². The molecule has 0 aliphatic rings. The predicted molar refractivity (Wildman–Crippen MR) is 73.2 cm³/mol. The van der Waals surface area contributed by atoms with Gasteiger partial charge in [-0.15, -0.1) is 0 Å². The summed E-state index contributed by atoms with van der Waals surface area (Å²) in [6, 6.07) is 3.50. The third kappa shape index (κ3) is 4.30. The molecule has 0 aliphatic heterocycles. The van der Waals surface area contributed by atoms with E-state index in [0.717, 1.165) is 5.56 Å². The highest BCUT2D eigenvalue weighted by Crippen LogP contribution is 2.31. The maximum atomic E-state index is 10.8. The lowest BCUT2D eigenvalue weighted by Crippen LogP contribution is -2.19. The molecule has 104 valence electrons. The fraction of sp³-hybridized carbons (Fsp3) is 0.357. The summed E-state index contributed by atoms with van der Waals surface area (Å²) in [7, 11) is 3.11. The Morgan fingerprint density at radius 1 is 1.32 bits per heavy atom. The van der Waals surface area contributed by atoms with Crippen LogP contribution < -0.4 is 14.8 Å². The lowest BCUT2D eigenvalue weighted by atomic mass is 10.1. The molecule has 1 aromatic rings. The molecule has 0 saturated carbocycles. The summed E-state index contributed by atoms with van der Waals surface area (Å²) in [6.07, 6.45) is 3.62. The van der Waals surface area contributed by atoms with Gasteiger partial charge in [0, 0.05) is 13.5 Å². The van der Waals surface area contributed by atoms with Crippen LogP contribution in [0.4, 0.5) is 0 Å². The Bertz CT molecular complexity index is 444. The second-order valence-electron chi connectivity index (χ2n) is 3.91. The lowest BCUT2D eigenvalue weighted by Gasteiger charge is -2.12. The number of rotatable bonds is 6. The van der Waals surface area contributed by atoms with Gasteiger partial charge in [-0.3, -0.25) is 4.79 Å². The van der Waals surface area contributed by atoms with Crippen molar-refractivity contribution in [2.45, 2.75) is 13.5 Å². The maximum Gasteiger partial charge on any atom is 0.217 e. The van der Waals surface area contributed by atoms with Gasteiger partial charge in [-0.2, -0.15) is 0 Å². The Labute approximate surface area is 112 Å². The van der Waals surface area contributed by atoms with Crippen molar-refractivity contribution < 1.29 is 19.4 Å². The normalized spacial score (nSPS) is 10.5. The fourth-order valence-corrected chi connectivity index (χ4v) is 1.63. The lowest BCUT2D eigenvalue weighted by molar-refractivity contribution is -0.118. The average molecular weight is 265 g/mol. The Kier molecular flexibility index (Phi) is 5.89. The smallest absolute Gasteiger partial charge is 0.217 e. The summed E-state index contributed by atoms with van der Waals surface area (Å²) in [5.74, 6) is 1.14. The maximum absolute atomic E-state index is 10.8. The quantitative estimate of drug-likeness (QED) is 0.814. The number of aliphatic hydroxyl groups is 1. The Hall–Kier alpha value is -2.01. The molecular weight excluding hydrogens is 246 g/mol. The summed E-state index contributed by atoms with van der Waals surface area (Å²) in [4.78, 5) is 10.8.